The number of hydrogen-bond acceptors (Lipinski definition) is 5. The van der Waals surface area contributed by atoms with Crippen molar-refractivity contribution in [2.75, 3.05) is 26.2 Å². The Balaban J connectivity index is 1.17. The van der Waals surface area contributed by atoms with Crippen LogP contribution in [0, 0.1) is 11.3 Å². The van der Waals surface area contributed by atoms with Crippen molar-refractivity contribution in [3.05, 3.63) is 17.5 Å². The Morgan fingerprint density at radius 3 is 2.39 bits per heavy atom. The first-order chi connectivity index (χ1) is 16.0. The summed E-state index contributed by atoms with van der Waals surface area (Å²) in [5, 5.41) is 10.2. The van der Waals surface area contributed by atoms with Gasteiger partial charge in [0, 0.05) is 50.9 Å². The minimum atomic E-state index is -0.735. The number of aromatic nitrogens is 2. The number of piperidine rings is 1. The lowest BCUT2D eigenvalue weighted by Crippen LogP contribution is -2.52. The molecule has 1 spiro atoms. The molecule has 1 aromatic heterocycles. The molecule has 6 rings (SSSR count). The van der Waals surface area contributed by atoms with Gasteiger partial charge in [-0.05, 0) is 44.9 Å². The van der Waals surface area contributed by atoms with Crippen LogP contribution in [0.2, 0.25) is 0 Å². The number of aryl methyl sites for hydroxylation is 1. The quantitative estimate of drug-likeness (QED) is 0.659. The standard InChI is InChI=1S/C23H30N6O4/c30-19-18-12-17(26-28(18)9-1-8-24-19)21(32)27-10-6-23(7-11-27)16(13-25-22(23)33)20(31)29-14-2-3-15(29)5-4-14/h12,14-16H,1-11,13H2,(H,24,30)(H,25,33)/t14?,15?,16-/m0/s1. The van der Waals surface area contributed by atoms with E-state index in [2.05, 4.69) is 20.6 Å². The van der Waals surface area contributed by atoms with Crippen LogP contribution in [-0.4, -0.2) is 81.5 Å². The third-order valence-electron chi connectivity index (χ3n) is 8.60. The van der Waals surface area contributed by atoms with E-state index in [0.717, 1.165) is 32.1 Å². The van der Waals surface area contributed by atoms with E-state index in [0.29, 0.717) is 63.3 Å². The molecule has 0 aliphatic carbocycles. The summed E-state index contributed by atoms with van der Waals surface area (Å²) >= 11 is 0. The molecule has 10 heteroatoms. The van der Waals surface area contributed by atoms with E-state index >= 15 is 0 Å². The zero-order chi connectivity index (χ0) is 22.7. The van der Waals surface area contributed by atoms with E-state index in [-0.39, 0.29) is 35.2 Å². The molecule has 0 aromatic carbocycles. The van der Waals surface area contributed by atoms with Crippen LogP contribution >= 0.6 is 0 Å². The van der Waals surface area contributed by atoms with Crippen molar-refractivity contribution in [1.82, 2.24) is 30.2 Å². The summed E-state index contributed by atoms with van der Waals surface area (Å²) < 4.78 is 1.60. The molecule has 6 heterocycles. The second-order valence-corrected chi connectivity index (χ2v) is 10.2. The van der Waals surface area contributed by atoms with E-state index < -0.39 is 5.41 Å². The maximum atomic E-state index is 13.5. The first-order valence-corrected chi connectivity index (χ1v) is 12.2. The lowest BCUT2D eigenvalue weighted by molar-refractivity contribution is -0.146. The van der Waals surface area contributed by atoms with Gasteiger partial charge in [-0.25, -0.2) is 0 Å². The molecule has 5 aliphatic rings. The minimum Gasteiger partial charge on any atom is -0.355 e. The van der Waals surface area contributed by atoms with Crippen LogP contribution in [-0.2, 0) is 16.1 Å². The molecule has 0 saturated carbocycles. The average Bonchev–Trinajstić information content (AvgIpc) is 3.58. The minimum absolute atomic E-state index is 0.0510. The van der Waals surface area contributed by atoms with Gasteiger partial charge in [0.05, 0.1) is 11.3 Å². The van der Waals surface area contributed by atoms with Gasteiger partial charge >= 0.3 is 0 Å². The number of likely N-dealkylation sites (tertiary alicyclic amines) is 1. The lowest BCUT2D eigenvalue weighted by Gasteiger charge is -2.41. The number of rotatable bonds is 2. The van der Waals surface area contributed by atoms with Crippen molar-refractivity contribution >= 4 is 23.6 Å². The highest BCUT2D eigenvalue weighted by Crippen LogP contribution is 2.46. The Hall–Kier alpha value is -2.91. The molecule has 176 valence electrons. The zero-order valence-corrected chi connectivity index (χ0v) is 18.7. The second kappa shape index (κ2) is 7.56. The molecule has 4 amide bonds. The number of nitrogens with zero attached hydrogens (tertiary/aromatic N) is 4. The second-order valence-electron chi connectivity index (χ2n) is 10.2. The van der Waals surface area contributed by atoms with Crippen molar-refractivity contribution in [1.29, 1.82) is 0 Å². The predicted octanol–water partition coefficient (Wildman–Crippen LogP) is 0.138. The van der Waals surface area contributed by atoms with Crippen LogP contribution < -0.4 is 10.6 Å². The highest BCUT2D eigenvalue weighted by atomic mass is 16.2. The Bertz CT molecular complexity index is 1010. The molecular weight excluding hydrogens is 424 g/mol. The molecule has 0 radical (unpaired) electrons. The van der Waals surface area contributed by atoms with Gasteiger partial charge in [0.15, 0.2) is 5.69 Å². The number of nitrogens with one attached hydrogen (secondary N) is 2. The largest absolute Gasteiger partial charge is 0.355 e. The Morgan fingerprint density at radius 2 is 1.70 bits per heavy atom. The van der Waals surface area contributed by atoms with Gasteiger partial charge in [-0.3, -0.25) is 23.9 Å². The van der Waals surface area contributed by atoms with E-state index in [4.69, 9.17) is 0 Å². The molecule has 2 N–H and O–H groups in total. The van der Waals surface area contributed by atoms with Gasteiger partial charge < -0.3 is 20.4 Å². The number of amides is 4. The fourth-order valence-electron chi connectivity index (χ4n) is 6.74. The van der Waals surface area contributed by atoms with Crippen molar-refractivity contribution in [2.45, 2.75) is 63.6 Å². The van der Waals surface area contributed by atoms with E-state index in [1.165, 1.54) is 0 Å². The van der Waals surface area contributed by atoms with Gasteiger partial charge in [0.2, 0.25) is 11.8 Å². The fraction of sp³-hybridized carbons (Fsp3) is 0.696. The normalized spacial score (nSPS) is 30.2. The molecular formula is C23H30N6O4. The number of fused-ring (bicyclic) bond motifs is 3. The third-order valence-corrected chi connectivity index (χ3v) is 8.60. The summed E-state index contributed by atoms with van der Waals surface area (Å²) in [5.41, 5.74) is -0.0678. The number of carbonyl (C=O) groups excluding carboxylic acids is 4. The fourth-order valence-corrected chi connectivity index (χ4v) is 6.74. The first kappa shape index (κ1) is 20.7. The summed E-state index contributed by atoms with van der Waals surface area (Å²) in [7, 11) is 0. The Morgan fingerprint density at radius 1 is 1.00 bits per heavy atom. The van der Waals surface area contributed by atoms with Crippen LogP contribution in [0.15, 0.2) is 6.07 Å². The molecule has 4 fully saturated rings. The van der Waals surface area contributed by atoms with Gasteiger partial charge in [0.25, 0.3) is 11.8 Å². The van der Waals surface area contributed by atoms with Gasteiger partial charge in [-0.1, -0.05) is 0 Å². The molecule has 2 bridgehead atoms. The molecule has 10 nitrogen and oxygen atoms in total. The summed E-state index contributed by atoms with van der Waals surface area (Å²) in [4.78, 5) is 55.6. The van der Waals surface area contributed by atoms with E-state index in [1.54, 1.807) is 15.6 Å². The summed E-state index contributed by atoms with van der Waals surface area (Å²) in [6, 6.07) is 2.24. The molecule has 1 atom stereocenters. The lowest BCUT2D eigenvalue weighted by atomic mass is 9.69. The smallest absolute Gasteiger partial charge is 0.274 e. The predicted molar refractivity (Wildman–Crippen MR) is 116 cm³/mol. The average molecular weight is 455 g/mol. The van der Waals surface area contributed by atoms with Crippen molar-refractivity contribution in [3.8, 4) is 0 Å². The number of carbonyl (C=O) groups is 4. The Labute approximate surface area is 192 Å². The van der Waals surface area contributed by atoms with Crippen LogP contribution in [0.5, 0.6) is 0 Å². The van der Waals surface area contributed by atoms with Crippen molar-refractivity contribution in [3.63, 3.8) is 0 Å². The molecule has 4 saturated heterocycles. The van der Waals surface area contributed by atoms with Gasteiger partial charge in [-0.15, -0.1) is 0 Å². The summed E-state index contributed by atoms with van der Waals surface area (Å²) in [6.45, 7) is 2.38. The molecule has 1 aromatic rings. The van der Waals surface area contributed by atoms with Gasteiger partial charge in [-0.2, -0.15) is 5.10 Å². The third kappa shape index (κ3) is 3.09. The highest BCUT2D eigenvalue weighted by Gasteiger charge is 2.57. The molecule has 5 aliphatic heterocycles. The maximum Gasteiger partial charge on any atom is 0.274 e. The number of hydrogen-bond donors (Lipinski definition) is 2. The SMILES string of the molecule is O=C1NCCCn2nc(C(=O)N3CCC4(CC3)C(=O)NC[C@H]4C(=O)N3C4CCC3CC4)cc21. The van der Waals surface area contributed by atoms with Crippen molar-refractivity contribution < 1.29 is 19.2 Å². The van der Waals surface area contributed by atoms with Crippen molar-refractivity contribution in [2.24, 2.45) is 11.3 Å². The Kier molecular flexibility index (Phi) is 4.74. The topological polar surface area (TPSA) is 117 Å². The zero-order valence-electron chi connectivity index (χ0n) is 18.7. The van der Waals surface area contributed by atoms with Crippen LogP contribution in [0.4, 0.5) is 0 Å². The van der Waals surface area contributed by atoms with E-state index in [9.17, 15) is 19.2 Å². The van der Waals surface area contributed by atoms with Gasteiger partial charge in [0.1, 0.15) is 5.69 Å². The van der Waals surface area contributed by atoms with Crippen LogP contribution in [0.1, 0.15) is 65.9 Å². The highest BCUT2D eigenvalue weighted by molar-refractivity contribution is 5.98. The van der Waals surface area contributed by atoms with Crippen LogP contribution in [0.25, 0.3) is 0 Å². The molecule has 33 heavy (non-hydrogen) atoms. The van der Waals surface area contributed by atoms with Crippen LogP contribution in [0.3, 0.4) is 0 Å². The first-order valence-electron chi connectivity index (χ1n) is 12.2. The maximum absolute atomic E-state index is 13.5. The monoisotopic (exact) mass is 454 g/mol. The summed E-state index contributed by atoms with van der Waals surface area (Å²) in [6.07, 6.45) is 6.01. The summed E-state index contributed by atoms with van der Waals surface area (Å²) in [5.74, 6) is -0.712. The molecule has 0 unspecified atom stereocenters. The van der Waals surface area contributed by atoms with E-state index in [1.807, 2.05) is 0 Å².